The van der Waals surface area contributed by atoms with Crippen molar-refractivity contribution in [2.75, 3.05) is 11.5 Å². The van der Waals surface area contributed by atoms with E-state index in [1.54, 1.807) is 18.2 Å². The van der Waals surface area contributed by atoms with Crippen LogP contribution in [0.4, 0.5) is 5.69 Å². The predicted molar refractivity (Wildman–Crippen MR) is 90.9 cm³/mol. The Balaban J connectivity index is 1.85. The first-order valence-electron chi connectivity index (χ1n) is 6.70. The molecule has 21 heavy (non-hydrogen) atoms. The molecule has 1 aliphatic heterocycles. The number of aromatic nitrogens is 2. The van der Waals surface area contributed by atoms with Gasteiger partial charge in [-0.3, -0.25) is 0 Å². The monoisotopic (exact) mass is 341 g/mol. The molecule has 0 radical (unpaired) electrons. The van der Waals surface area contributed by atoms with Crippen LogP contribution in [-0.2, 0) is 0 Å². The molecule has 2 aromatic rings. The van der Waals surface area contributed by atoms with E-state index in [4.69, 9.17) is 21.9 Å². The Hall–Kier alpha value is -0.850. The van der Waals surface area contributed by atoms with Crippen LogP contribution in [0.2, 0.25) is 5.02 Å². The minimum absolute atomic E-state index is 0.263. The van der Waals surface area contributed by atoms with Gasteiger partial charge in [-0.1, -0.05) is 30.6 Å². The van der Waals surface area contributed by atoms with Crippen molar-refractivity contribution in [2.24, 2.45) is 0 Å². The first kappa shape index (κ1) is 15.1. The quantitative estimate of drug-likeness (QED) is 0.823. The minimum Gasteiger partial charge on any atom is -0.398 e. The predicted octanol–water partition coefficient (Wildman–Crippen LogP) is 4.27. The van der Waals surface area contributed by atoms with E-state index in [0.717, 1.165) is 11.6 Å². The van der Waals surface area contributed by atoms with E-state index in [9.17, 15) is 0 Å². The number of rotatable bonds is 2. The third kappa shape index (κ3) is 3.17. The summed E-state index contributed by atoms with van der Waals surface area (Å²) in [5, 5.41) is 6.22. The Morgan fingerprint density at radius 3 is 2.90 bits per heavy atom. The first-order chi connectivity index (χ1) is 10.0. The largest absolute Gasteiger partial charge is 0.398 e. The maximum Gasteiger partial charge on any atom is 0.260 e. The molecular formula is C14H16ClN3OS2. The van der Waals surface area contributed by atoms with Crippen molar-refractivity contribution in [3.63, 3.8) is 0 Å². The Labute approximate surface area is 137 Å². The highest BCUT2D eigenvalue weighted by molar-refractivity contribution is 8.07. The van der Waals surface area contributed by atoms with Crippen LogP contribution in [0, 0.1) is 0 Å². The van der Waals surface area contributed by atoms with Crippen molar-refractivity contribution in [2.45, 2.75) is 29.6 Å². The summed E-state index contributed by atoms with van der Waals surface area (Å²) in [4.78, 5) is 4.52. The third-order valence-corrected chi connectivity index (χ3v) is 7.15. The van der Waals surface area contributed by atoms with Crippen molar-refractivity contribution in [1.82, 2.24) is 10.1 Å². The number of thioether (sulfide) groups is 2. The van der Waals surface area contributed by atoms with E-state index in [0.29, 0.717) is 32.7 Å². The van der Waals surface area contributed by atoms with Crippen LogP contribution in [-0.4, -0.2) is 26.4 Å². The molecule has 4 nitrogen and oxygen atoms in total. The van der Waals surface area contributed by atoms with E-state index in [1.165, 1.54) is 0 Å². The minimum atomic E-state index is 0.263. The molecule has 0 saturated carbocycles. The summed E-state index contributed by atoms with van der Waals surface area (Å²) in [6.07, 6.45) is 0. The van der Waals surface area contributed by atoms with E-state index < -0.39 is 0 Å². The van der Waals surface area contributed by atoms with Gasteiger partial charge in [-0.15, -0.1) is 11.8 Å². The number of halogens is 1. The molecule has 3 unspecified atom stereocenters. The Kier molecular flexibility index (Phi) is 4.38. The van der Waals surface area contributed by atoms with Gasteiger partial charge in [0.15, 0.2) is 5.82 Å². The molecule has 1 fully saturated rings. The standard InChI is InChI=1S/C14H16ClN3OS2/c1-7-8(2)21-12(6-20-7)13-17-14(19-18-13)10-5-9(15)3-4-11(10)16/h3-5,7-8,12H,6,16H2,1-2H3. The number of nitrogens with zero attached hydrogens (tertiary/aromatic N) is 2. The fraction of sp³-hybridized carbons (Fsp3) is 0.429. The van der Waals surface area contributed by atoms with E-state index >= 15 is 0 Å². The zero-order valence-corrected chi connectivity index (χ0v) is 14.1. The number of nitrogen functional groups attached to an aromatic ring is 1. The summed E-state index contributed by atoms with van der Waals surface area (Å²) in [7, 11) is 0. The second-order valence-corrected chi connectivity index (χ2v) is 8.49. The lowest BCUT2D eigenvalue weighted by Gasteiger charge is -2.29. The van der Waals surface area contributed by atoms with Crippen LogP contribution in [0.5, 0.6) is 0 Å². The maximum atomic E-state index is 6.00. The molecule has 0 spiro atoms. The van der Waals surface area contributed by atoms with Gasteiger partial charge in [-0.2, -0.15) is 16.7 Å². The van der Waals surface area contributed by atoms with Crippen LogP contribution in [0.25, 0.3) is 11.5 Å². The van der Waals surface area contributed by atoms with Gasteiger partial charge in [0.05, 0.1) is 10.8 Å². The van der Waals surface area contributed by atoms with E-state index in [1.807, 2.05) is 23.5 Å². The van der Waals surface area contributed by atoms with Gasteiger partial charge in [0.25, 0.3) is 5.89 Å². The highest BCUT2D eigenvalue weighted by atomic mass is 35.5. The molecule has 0 aliphatic carbocycles. The van der Waals surface area contributed by atoms with E-state index in [-0.39, 0.29) is 5.25 Å². The average Bonchev–Trinajstić information content (AvgIpc) is 2.94. The zero-order valence-electron chi connectivity index (χ0n) is 11.7. The fourth-order valence-corrected chi connectivity index (χ4v) is 5.11. The highest BCUT2D eigenvalue weighted by Crippen LogP contribution is 2.43. The van der Waals surface area contributed by atoms with E-state index in [2.05, 4.69) is 24.0 Å². The number of benzene rings is 1. The molecule has 2 heterocycles. The third-order valence-electron chi connectivity index (χ3n) is 3.53. The van der Waals surface area contributed by atoms with Crippen LogP contribution in [0.15, 0.2) is 22.7 Å². The molecule has 7 heteroatoms. The van der Waals surface area contributed by atoms with Gasteiger partial charge in [-0.25, -0.2) is 0 Å². The van der Waals surface area contributed by atoms with Crippen molar-refractivity contribution >= 4 is 40.8 Å². The second kappa shape index (κ2) is 6.10. The van der Waals surface area contributed by atoms with Gasteiger partial charge in [0.1, 0.15) is 0 Å². The van der Waals surface area contributed by atoms with Crippen LogP contribution in [0.3, 0.4) is 0 Å². The molecule has 1 saturated heterocycles. The van der Waals surface area contributed by atoms with Gasteiger partial charge in [0, 0.05) is 27.0 Å². The van der Waals surface area contributed by atoms with Crippen LogP contribution in [0.1, 0.15) is 24.9 Å². The molecule has 0 bridgehead atoms. The van der Waals surface area contributed by atoms with Crippen LogP contribution < -0.4 is 5.73 Å². The molecule has 112 valence electrons. The molecule has 1 aromatic heterocycles. The van der Waals surface area contributed by atoms with Crippen molar-refractivity contribution in [3.05, 3.63) is 29.0 Å². The highest BCUT2D eigenvalue weighted by Gasteiger charge is 2.30. The van der Waals surface area contributed by atoms with Crippen molar-refractivity contribution in [1.29, 1.82) is 0 Å². The molecular weight excluding hydrogens is 326 g/mol. The molecule has 0 amide bonds. The van der Waals surface area contributed by atoms with Gasteiger partial charge in [-0.05, 0) is 18.2 Å². The summed E-state index contributed by atoms with van der Waals surface area (Å²) in [5.74, 6) is 2.17. The summed E-state index contributed by atoms with van der Waals surface area (Å²) in [6, 6.07) is 5.24. The average molecular weight is 342 g/mol. The molecule has 3 rings (SSSR count). The maximum absolute atomic E-state index is 6.00. The summed E-state index contributed by atoms with van der Waals surface area (Å²) in [6.45, 7) is 4.50. The lowest BCUT2D eigenvalue weighted by Crippen LogP contribution is -2.22. The van der Waals surface area contributed by atoms with Gasteiger partial charge >= 0.3 is 0 Å². The molecule has 1 aromatic carbocycles. The second-order valence-electron chi connectivity index (χ2n) is 5.06. The lowest BCUT2D eigenvalue weighted by atomic mass is 10.2. The SMILES string of the molecule is CC1SCC(c2noc(-c3cc(Cl)ccc3N)n2)SC1C. The number of hydrogen-bond donors (Lipinski definition) is 1. The Morgan fingerprint density at radius 2 is 2.14 bits per heavy atom. The summed E-state index contributed by atoms with van der Waals surface area (Å²) >= 11 is 9.86. The lowest BCUT2D eigenvalue weighted by molar-refractivity contribution is 0.423. The fourth-order valence-electron chi connectivity index (χ4n) is 2.11. The van der Waals surface area contributed by atoms with Gasteiger partial charge in [0.2, 0.25) is 0 Å². The number of nitrogens with two attached hydrogens (primary N) is 1. The Bertz CT molecular complexity index is 649. The van der Waals surface area contributed by atoms with Crippen molar-refractivity contribution < 1.29 is 4.52 Å². The number of hydrogen-bond acceptors (Lipinski definition) is 6. The summed E-state index contributed by atoms with van der Waals surface area (Å²) < 4.78 is 5.38. The summed E-state index contributed by atoms with van der Waals surface area (Å²) in [5.41, 5.74) is 7.23. The topological polar surface area (TPSA) is 64.9 Å². The zero-order chi connectivity index (χ0) is 15.0. The van der Waals surface area contributed by atoms with Crippen LogP contribution >= 0.6 is 35.1 Å². The molecule has 2 N–H and O–H groups in total. The molecule has 3 atom stereocenters. The number of anilines is 1. The normalized spacial score (nSPS) is 26.0. The Morgan fingerprint density at radius 1 is 1.33 bits per heavy atom. The van der Waals surface area contributed by atoms with Crippen molar-refractivity contribution in [3.8, 4) is 11.5 Å². The van der Waals surface area contributed by atoms with Gasteiger partial charge < -0.3 is 10.3 Å². The smallest absolute Gasteiger partial charge is 0.260 e. The molecule has 1 aliphatic rings. The first-order valence-corrected chi connectivity index (χ1v) is 9.07.